The van der Waals surface area contributed by atoms with Crippen molar-refractivity contribution in [1.29, 1.82) is 0 Å². The molecule has 2 heterocycles. The van der Waals surface area contributed by atoms with Gasteiger partial charge in [0.1, 0.15) is 29.0 Å². The minimum Gasteiger partial charge on any atom is -0.458 e. The van der Waals surface area contributed by atoms with E-state index in [0.717, 1.165) is 0 Å². The molecule has 0 unspecified atom stereocenters. The zero-order valence-corrected chi connectivity index (χ0v) is 15.9. The van der Waals surface area contributed by atoms with Crippen molar-refractivity contribution in [3.8, 4) is 5.75 Å². The topological polar surface area (TPSA) is 115 Å². The zero-order valence-electron chi connectivity index (χ0n) is 12.0. The van der Waals surface area contributed by atoms with Gasteiger partial charge in [-0.1, -0.05) is 11.6 Å². The van der Waals surface area contributed by atoms with E-state index in [0.29, 0.717) is 25.0 Å². The fraction of sp³-hybridized carbons (Fsp3) is 0.429. The normalized spacial score (nSPS) is 30.7. The predicted octanol–water partition coefficient (Wildman–Crippen LogP) is 1.53. The highest BCUT2D eigenvalue weighted by Crippen LogP contribution is 2.42. The molecule has 1 fully saturated rings. The quantitative estimate of drug-likeness (QED) is 0.449. The Hall–Kier alpha value is -0.390. The number of ether oxygens (including phenoxy) is 2. The maximum Gasteiger partial charge on any atom is 0.229 e. The van der Waals surface area contributed by atoms with Crippen molar-refractivity contribution < 1.29 is 29.9 Å². The number of benzene rings is 1. The van der Waals surface area contributed by atoms with Gasteiger partial charge in [0.25, 0.3) is 0 Å². The van der Waals surface area contributed by atoms with Crippen LogP contribution in [-0.4, -0.2) is 62.7 Å². The Kier molecular flexibility index (Phi) is 5.43. The van der Waals surface area contributed by atoms with Gasteiger partial charge in [-0.15, -0.1) is 0 Å². The van der Waals surface area contributed by atoms with Crippen LogP contribution in [0.2, 0.25) is 5.02 Å². The maximum absolute atomic E-state index is 10.1. The Labute approximate surface area is 158 Å². The van der Waals surface area contributed by atoms with E-state index in [2.05, 4.69) is 36.8 Å². The van der Waals surface area contributed by atoms with Crippen LogP contribution in [-0.2, 0) is 4.74 Å². The van der Waals surface area contributed by atoms with Gasteiger partial charge in [0.05, 0.1) is 22.5 Å². The van der Waals surface area contributed by atoms with E-state index in [-0.39, 0.29) is 5.75 Å². The van der Waals surface area contributed by atoms with Crippen LogP contribution in [0.4, 0.5) is 0 Å². The van der Waals surface area contributed by atoms with Crippen LogP contribution in [0.25, 0.3) is 10.9 Å². The highest BCUT2D eigenvalue weighted by Gasteiger charge is 2.45. The lowest BCUT2D eigenvalue weighted by Gasteiger charge is -2.39. The fourth-order valence-corrected chi connectivity index (χ4v) is 3.64. The number of nitrogens with one attached hydrogen (secondary N) is 1. The maximum atomic E-state index is 10.1. The van der Waals surface area contributed by atoms with Gasteiger partial charge in [-0.2, -0.15) is 0 Å². The second-order valence-electron chi connectivity index (χ2n) is 5.37. The molecular weight excluding hydrogens is 473 g/mol. The van der Waals surface area contributed by atoms with E-state index in [1.54, 1.807) is 12.1 Å². The first-order valence-corrected chi connectivity index (χ1v) is 8.94. The van der Waals surface area contributed by atoms with Crippen molar-refractivity contribution >= 4 is 54.4 Å². The van der Waals surface area contributed by atoms with Crippen LogP contribution >= 0.6 is 43.5 Å². The third kappa shape index (κ3) is 3.08. The van der Waals surface area contributed by atoms with E-state index in [1.807, 2.05) is 0 Å². The molecular formula is C14H14Br2ClNO6. The first-order valence-electron chi connectivity index (χ1n) is 6.97. The van der Waals surface area contributed by atoms with E-state index in [9.17, 15) is 20.4 Å². The van der Waals surface area contributed by atoms with Gasteiger partial charge in [0, 0.05) is 4.47 Å². The summed E-state index contributed by atoms with van der Waals surface area (Å²) >= 11 is 13.0. The second kappa shape index (κ2) is 7.08. The third-order valence-corrected chi connectivity index (χ3v) is 5.69. The average molecular weight is 488 g/mol. The molecule has 5 N–H and O–H groups in total. The monoisotopic (exact) mass is 485 g/mol. The first kappa shape index (κ1) is 18.4. The molecule has 132 valence electrons. The first-order chi connectivity index (χ1) is 11.3. The molecule has 1 aliphatic rings. The van der Waals surface area contributed by atoms with E-state index < -0.39 is 37.3 Å². The summed E-state index contributed by atoms with van der Waals surface area (Å²) in [6, 6.07) is 3.56. The average Bonchev–Trinajstić information content (AvgIpc) is 2.88. The van der Waals surface area contributed by atoms with Crippen molar-refractivity contribution in [3.05, 3.63) is 26.2 Å². The molecule has 2 aromatic rings. The number of rotatable bonds is 3. The smallest absolute Gasteiger partial charge is 0.229 e. The number of halogens is 3. The molecule has 24 heavy (non-hydrogen) atoms. The molecule has 0 radical (unpaired) electrons. The second-order valence-corrected chi connectivity index (χ2v) is 7.39. The Morgan fingerprint density at radius 2 is 1.88 bits per heavy atom. The Balaban J connectivity index is 1.97. The predicted molar refractivity (Wildman–Crippen MR) is 93.1 cm³/mol. The largest absolute Gasteiger partial charge is 0.458 e. The van der Waals surface area contributed by atoms with E-state index in [1.165, 1.54) is 0 Å². The Morgan fingerprint density at radius 3 is 2.54 bits per heavy atom. The lowest BCUT2D eigenvalue weighted by molar-refractivity contribution is -0.277. The summed E-state index contributed by atoms with van der Waals surface area (Å²) in [7, 11) is 0. The van der Waals surface area contributed by atoms with Gasteiger partial charge in [-0.05, 0) is 44.0 Å². The van der Waals surface area contributed by atoms with Crippen molar-refractivity contribution in [1.82, 2.24) is 4.98 Å². The van der Waals surface area contributed by atoms with Crippen LogP contribution in [0, 0.1) is 0 Å². The third-order valence-electron chi connectivity index (χ3n) is 3.85. The summed E-state index contributed by atoms with van der Waals surface area (Å²) in [5, 5.41) is 40.0. The number of aliphatic hydroxyl groups excluding tert-OH is 4. The molecule has 3 rings (SSSR count). The lowest BCUT2D eigenvalue weighted by atomic mass is 9.99. The molecule has 0 amide bonds. The number of aromatic amines is 1. The number of H-pyrrole nitrogens is 1. The lowest BCUT2D eigenvalue weighted by Crippen LogP contribution is -2.60. The molecule has 0 aliphatic carbocycles. The number of fused-ring (bicyclic) bond motifs is 1. The number of aromatic nitrogens is 1. The van der Waals surface area contributed by atoms with E-state index in [4.69, 9.17) is 21.1 Å². The van der Waals surface area contributed by atoms with Gasteiger partial charge in [-0.3, -0.25) is 0 Å². The molecule has 0 spiro atoms. The van der Waals surface area contributed by atoms with Gasteiger partial charge < -0.3 is 34.9 Å². The minimum atomic E-state index is -1.52. The van der Waals surface area contributed by atoms with Crippen LogP contribution < -0.4 is 4.74 Å². The molecule has 7 nitrogen and oxygen atoms in total. The molecule has 1 aromatic heterocycles. The summed E-state index contributed by atoms with van der Waals surface area (Å²) in [6.07, 6.45) is -6.84. The summed E-state index contributed by atoms with van der Waals surface area (Å²) in [5.41, 5.74) is 0.690. The van der Waals surface area contributed by atoms with Gasteiger partial charge in [-0.25, -0.2) is 0 Å². The van der Waals surface area contributed by atoms with Crippen molar-refractivity contribution in [3.63, 3.8) is 0 Å². The summed E-state index contributed by atoms with van der Waals surface area (Å²) in [4.78, 5) is 3.03. The van der Waals surface area contributed by atoms with Crippen LogP contribution in [0.1, 0.15) is 0 Å². The molecule has 0 bridgehead atoms. The van der Waals surface area contributed by atoms with Crippen LogP contribution in [0.5, 0.6) is 5.75 Å². The number of hydrogen-bond donors (Lipinski definition) is 5. The highest BCUT2D eigenvalue weighted by atomic mass is 79.9. The van der Waals surface area contributed by atoms with Crippen molar-refractivity contribution in [2.75, 3.05) is 6.61 Å². The Bertz CT molecular complexity index is 754. The number of aliphatic hydroxyl groups is 4. The standard InChI is InChI=1S/C14H14Br2ClNO6/c15-4-1-2-5-7(8(4)17)12(13(16)18-5)24-14-11(22)10(21)9(20)6(3-19)23-14/h1-2,6,9-11,14,18-22H,3H2/t6-,9+,10+,11-,14-/m1/s1. The number of hydrogen-bond acceptors (Lipinski definition) is 6. The molecule has 5 atom stereocenters. The van der Waals surface area contributed by atoms with Crippen LogP contribution in [0.3, 0.4) is 0 Å². The molecule has 0 saturated carbocycles. The molecule has 1 aromatic carbocycles. The SMILES string of the molecule is OC[C@H]1O[C@H](Oc2c(Br)[nH]c3ccc(Br)c(Cl)c23)[C@H](O)[C@@H](O)[C@H]1O. The van der Waals surface area contributed by atoms with Gasteiger partial charge in [0.2, 0.25) is 6.29 Å². The molecule has 10 heteroatoms. The van der Waals surface area contributed by atoms with Gasteiger partial charge >= 0.3 is 0 Å². The van der Waals surface area contributed by atoms with Crippen molar-refractivity contribution in [2.24, 2.45) is 0 Å². The fourth-order valence-electron chi connectivity index (χ4n) is 2.55. The van der Waals surface area contributed by atoms with Crippen molar-refractivity contribution in [2.45, 2.75) is 30.7 Å². The van der Waals surface area contributed by atoms with Gasteiger partial charge in [0.15, 0.2) is 5.75 Å². The summed E-state index contributed by atoms with van der Waals surface area (Å²) in [6.45, 7) is -0.536. The summed E-state index contributed by atoms with van der Waals surface area (Å²) in [5.74, 6) is 0.278. The Morgan fingerprint density at radius 1 is 1.17 bits per heavy atom. The van der Waals surface area contributed by atoms with Crippen LogP contribution in [0.15, 0.2) is 21.2 Å². The van der Waals surface area contributed by atoms with E-state index >= 15 is 0 Å². The summed E-state index contributed by atoms with van der Waals surface area (Å²) < 4.78 is 12.2. The minimum absolute atomic E-state index is 0.278. The highest BCUT2D eigenvalue weighted by molar-refractivity contribution is 9.10. The zero-order chi connectivity index (χ0) is 17.6. The molecule has 1 saturated heterocycles. The molecule has 1 aliphatic heterocycles.